The molecule has 0 bridgehead atoms. The Morgan fingerprint density at radius 2 is 1.80 bits per heavy atom. The van der Waals surface area contributed by atoms with Crippen LogP contribution in [0.25, 0.3) is 0 Å². The molecule has 0 saturated carbocycles. The first-order chi connectivity index (χ1) is 9.74. The minimum atomic E-state index is 0.490. The summed E-state index contributed by atoms with van der Waals surface area (Å²) in [6.07, 6.45) is 9.67. The average Bonchev–Trinajstić information content (AvgIpc) is 2.46. The van der Waals surface area contributed by atoms with Crippen molar-refractivity contribution in [2.75, 3.05) is 5.75 Å². The quantitative estimate of drug-likeness (QED) is 0.443. The summed E-state index contributed by atoms with van der Waals surface area (Å²) in [5, 5.41) is 0. The number of hydrogen-bond acceptors (Lipinski definition) is 2. The summed E-state index contributed by atoms with van der Waals surface area (Å²) in [6.45, 7) is 2.27. The van der Waals surface area contributed by atoms with Crippen LogP contribution in [0.2, 0.25) is 0 Å². The van der Waals surface area contributed by atoms with Gasteiger partial charge in [0.25, 0.3) is 0 Å². The third-order valence-corrected chi connectivity index (χ3v) is 4.72. The molecule has 0 atom stereocenters. The second-order valence-corrected chi connectivity index (χ2v) is 6.78. The minimum absolute atomic E-state index is 0.490. The SMILES string of the molecule is CCCCCCCCCSCc1cccc(C(N)=S)c1. The predicted octanol–water partition coefficient (Wildman–Crippen LogP) is 5.30. The highest BCUT2D eigenvalue weighted by molar-refractivity contribution is 7.98. The van der Waals surface area contributed by atoms with Crippen LogP contribution in [0.1, 0.15) is 63.0 Å². The maximum absolute atomic E-state index is 5.65. The number of thiocarbonyl (C=S) groups is 1. The van der Waals surface area contributed by atoms with Gasteiger partial charge in [0.15, 0.2) is 0 Å². The van der Waals surface area contributed by atoms with Gasteiger partial charge in [0, 0.05) is 11.3 Å². The van der Waals surface area contributed by atoms with Crippen LogP contribution in [0.4, 0.5) is 0 Å². The summed E-state index contributed by atoms with van der Waals surface area (Å²) in [4.78, 5) is 0.490. The van der Waals surface area contributed by atoms with Crippen molar-refractivity contribution >= 4 is 29.0 Å². The summed E-state index contributed by atoms with van der Waals surface area (Å²) < 4.78 is 0. The molecule has 1 rings (SSSR count). The van der Waals surface area contributed by atoms with E-state index >= 15 is 0 Å². The first-order valence-electron chi connectivity index (χ1n) is 7.70. The third kappa shape index (κ3) is 7.91. The normalized spacial score (nSPS) is 10.7. The Hall–Kier alpha value is -0.540. The van der Waals surface area contributed by atoms with Crippen molar-refractivity contribution < 1.29 is 0 Å². The van der Waals surface area contributed by atoms with Crippen LogP contribution in [0.3, 0.4) is 0 Å². The topological polar surface area (TPSA) is 26.0 Å². The monoisotopic (exact) mass is 309 g/mol. The molecular formula is C17H27NS2. The smallest absolute Gasteiger partial charge is 0.103 e. The number of hydrogen-bond donors (Lipinski definition) is 1. The standard InChI is InChI=1S/C17H27NS2/c1-2-3-4-5-6-7-8-12-20-14-15-10-9-11-16(13-15)17(18)19/h9-11,13H,2-8,12,14H2,1H3,(H2,18,19). The molecule has 0 heterocycles. The van der Waals surface area contributed by atoms with Gasteiger partial charge in [-0.25, -0.2) is 0 Å². The van der Waals surface area contributed by atoms with Gasteiger partial charge in [-0.15, -0.1) is 0 Å². The molecule has 112 valence electrons. The summed E-state index contributed by atoms with van der Waals surface area (Å²) >= 11 is 7.02. The summed E-state index contributed by atoms with van der Waals surface area (Å²) in [7, 11) is 0. The van der Waals surface area contributed by atoms with E-state index in [0.717, 1.165) is 11.3 Å². The molecule has 0 aliphatic heterocycles. The molecule has 0 saturated heterocycles. The van der Waals surface area contributed by atoms with Gasteiger partial charge in [0.05, 0.1) is 0 Å². The number of rotatable bonds is 11. The molecular weight excluding hydrogens is 282 g/mol. The zero-order valence-corrected chi connectivity index (χ0v) is 14.2. The Morgan fingerprint density at radius 3 is 2.50 bits per heavy atom. The van der Waals surface area contributed by atoms with Gasteiger partial charge >= 0.3 is 0 Å². The van der Waals surface area contributed by atoms with Crippen LogP contribution >= 0.6 is 24.0 Å². The van der Waals surface area contributed by atoms with Gasteiger partial charge in [0.2, 0.25) is 0 Å². The van der Waals surface area contributed by atoms with E-state index in [2.05, 4.69) is 19.1 Å². The largest absolute Gasteiger partial charge is 0.389 e. The van der Waals surface area contributed by atoms with E-state index in [9.17, 15) is 0 Å². The van der Waals surface area contributed by atoms with Gasteiger partial charge in [-0.1, -0.05) is 75.9 Å². The fourth-order valence-electron chi connectivity index (χ4n) is 2.17. The highest BCUT2D eigenvalue weighted by Gasteiger charge is 1.99. The van der Waals surface area contributed by atoms with Gasteiger partial charge in [-0.05, 0) is 23.8 Å². The molecule has 1 nitrogen and oxygen atoms in total. The molecule has 20 heavy (non-hydrogen) atoms. The molecule has 0 unspecified atom stereocenters. The van der Waals surface area contributed by atoms with Gasteiger partial charge in [0.1, 0.15) is 4.99 Å². The lowest BCUT2D eigenvalue weighted by molar-refractivity contribution is 0.603. The molecule has 1 aromatic rings. The Balaban J connectivity index is 2.06. The van der Waals surface area contributed by atoms with E-state index in [4.69, 9.17) is 18.0 Å². The Morgan fingerprint density at radius 1 is 1.10 bits per heavy atom. The number of thioether (sulfide) groups is 1. The fraction of sp³-hybridized carbons (Fsp3) is 0.588. The van der Waals surface area contributed by atoms with Crippen LogP contribution in [0.5, 0.6) is 0 Å². The zero-order valence-electron chi connectivity index (χ0n) is 12.6. The maximum atomic E-state index is 5.65. The molecule has 0 aromatic heterocycles. The van der Waals surface area contributed by atoms with Gasteiger partial charge in [-0.2, -0.15) is 11.8 Å². The second kappa shape index (κ2) is 11.2. The number of nitrogens with two attached hydrogens (primary N) is 1. The molecule has 0 spiro atoms. The molecule has 2 N–H and O–H groups in total. The van der Waals surface area contributed by atoms with Crippen LogP contribution in [-0.2, 0) is 5.75 Å². The van der Waals surface area contributed by atoms with Crippen LogP contribution < -0.4 is 5.73 Å². The first kappa shape index (κ1) is 17.5. The van der Waals surface area contributed by atoms with Crippen molar-refractivity contribution in [2.24, 2.45) is 5.73 Å². The van der Waals surface area contributed by atoms with Crippen molar-refractivity contribution in [2.45, 2.75) is 57.6 Å². The predicted molar refractivity (Wildman–Crippen MR) is 96.5 cm³/mol. The fourth-order valence-corrected chi connectivity index (χ4v) is 3.26. The van der Waals surface area contributed by atoms with Gasteiger partial charge < -0.3 is 5.73 Å². The third-order valence-electron chi connectivity index (χ3n) is 3.37. The van der Waals surface area contributed by atoms with E-state index in [0.29, 0.717) is 4.99 Å². The summed E-state index contributed by atoms with van der Waals surface area (Å²) in [6, 6.07) is 8.28. The van der Waals surface area contributed by atoms with Crippen LogP contribution in [0.15, 0.2) is 24.3 Å². The molecule has 0 radical (unpaired) electrons. The van der Waals surface area contributed by atoms with Crippen molar-refractivity contribution in [3.63, 3.8) is 0 Å². The lowest BCUT2D eigenvalue weighted by Crippen LogP contribution is -2.09. The molecule has 0 amide bonds. The highest BCUT2D eigenvalue weighted by atomic mass is 32.2. The van der Waals surface area contributed by atoms with E-state index in [-0.39, 0.29) is 0 Å². The van der Waals surface area contributed by atoms with Crippen molar-refractivity contribution in [3.05, 3.63) is 35.4 Å². The zero-order chi connectivity index (χ0) is 14.6. The molecule has 0 aliphatic carbocycles. The van der Waals surface area contributed by atoms with Crippen LogP contribution in [0, 0.1) is 0 Å². The van der Waals surface area contributed by atoms with E-state index < -0.39 is 0 Å². The Labute approximate surface area is 133 Å². The average molecular weight is 310 g/mol. The molecule has 1 aromatic carbocycles. The number of benzene rings is 1. The lowest BCUT2D eigenvalue weighted by Gasteiger charge is -2.05. The summed E-state index contributed by atoms with van der Waals surface area (Å²) in [5.74, 6) is 2.32. The van der Waals surface area contributed by atoms with Gasteiger partial charge in [-0.3, -0.25) is 0 Å². The Bertz CT molecular complexity index is 390. The maximum Gasteiger partial charge on any atom is 0.103 e. The highest BCUT2D eigenvalue weighted by Crippen LogP contribution is 2.16. The first-order valence-corrected chi connectivity index (χ1v) is 9.27. The van der Waals surface area contributed by atoms with E-state index in [1.54, 1.807) is 0 Å². The minimum Gasteiger partial charge on any atom is -0.389 e. The molecule has 0 aliphatic rings. The van der Waals surface area contributed by atoms with Crippen molar-refractivity contribution in [1.29, 1.82) is 0 Å². The summed E-state index contributed by atoms with van der Waals surface area (Å²) in [5.41, 5.74) is 7.95. The lowest BCUT2D eigenvalue weighted by atomic mass is 10.1. The van der Waals surface area contributed by atoms with Crippen molar-refractivity contribution in [3.8, 4) is 0 Å². The Kier molecular flexibility index (Phi) is 9.77. The van der Waals surface area contributed by atoms with E-state index in [1.807, 2.05) is 23.9 Å². The number of unbranched alkanes of at least 4 members (excludes halogenated alkanes) is 6. The van der Waals surface area contributed by atoms with Crippen LogP contribution in [-0.4, -0.2) is 10.7 Å². The van der Waals surface area contributed by atoms with Crippen molar-refractivity contribution in [1.82, 2.24) is 0 Å². The molecule has 3 heteroatoms. The molecule has 0 fully saturated rings. The van der Waals surface area contributed by atoms with E-state index in [1.165, 1.54) is 56.3 Å². The second-order valence-electron chi connectivity index (χ2n) is 5.24.